The number of carbonyl (C=O) groups excluding carboxylic acids is 1. The van der Waals surface area contributed by atoms with Crippen LogP contribution in [0, 0.1) is 12.8 Å². The van der Waals surface area contributed by atoms with E-state index < -0.39 is 0 Å². The van der Waals surface area contributed by atoms with Crippen LogP contribution in [-0.2, 0) is 6.54 Å². The van der Waals surface area contributed by atoms with Gasteiger partial charge in [0.1, 0.15) is 17.3 Å². The summed E-state index contributed by atoms with van der Waals surface area (Å²) in [7, 11) is 0. The molecule has 154 valence electrons. The topological polar surface area (TPSA) is 106 Å². The van der Waals surface area contributed by atoms with Crippen LogP contribution in [0.2, 0.25) is 0 Å². The molecule has 0 spiro atoms. The third-order valence-corrected chi connectivity index (χ3v) is 5.16. The zero-order valence-corrected chi connectivity index (χ0v) is 16.9. The molecule has 0 atom stereocenters. The molecule has 1 aliphatic carbocycles. The van der Waals surface area contributed by atoms with E-state index in [1.54, 1.807) is 18.2 Å². The summed E-state index contributed by atoms with van der Waals surface area (Å²) < 4.78 is 5.47. The summed E-state index contributed by atoms with van der Waals surface area (Å²) in [6.45, 7) is 2.22. The van der Waals surface area contributed by atoms with Crippen molar-refractivity contribution >= 4 is 11.6 Å². The zero-order valence-electron chi connectivity index (χ0n) is 16.9. The van der Waals surface area contributed by atoms with E-state index in [1.807, 2.05) is 37.3 Å². The van der Waals surface area contributed by atoms with Gasteiger partial charge in [0.2, 0.25) is 0 Å². The van der Waals surface area contributed by atoms with Gasteiger partial charge >= 0.3 is 0 Å². The van der Waals surface area contributed by atoms with Crippen LogP contribution in [0.25, 0.3) is 0 Å². The summed E-state index contributed by atoms with van der Waals surface area (Å²) >= 11 is 0. The number of carbonyl (C=O) groups is 1. The highest BCUT2D eigenvalue weighted by Gasteiger charge is 2.15. The summed E-state index contributed by atoms with van der Waals surface area (Å²) in [5, 5.41) is 5.97. The minimum atomic E-state index is -0.174. The van der Waals surface area contributed by atoms with Crippen molar-refractivity contribution in [3.63, 3.8) is 0 Å². The third-order valence-electron chi connectivity index (χ3n) is 5.16. The Morgan fingerprint density at radius 2 is 1.93 bits per heavy atom. The van der Waals surface area contributed by atoms with Gasteiger partial charge in [0.05, 0.1) is 6.54 Å². The first-order valence-corrected chi connectivity index (χ1v) is 10.1. The van der Waals surface area contributed by atoms with Crippen LogP contribution >= 0.6 is 0 Å². The first-order valence-electron chi connectivity index (χ1n) is 10.1. The molecule has 0 unspecified atom stereocenters. The van der Waals surface area contributed by atoms with Crippen molar-refractivity contribution in [3.8, 4) is 0 Å². The molecule has 0 radical (unpaired) electrons. The lowest BCUT2D eigenvalue weighted by atomic mass is 9.87. The van der Waals surface area contributed by atoms with Gasteiger partial charge in [-0.25, -0.2) is 0 Å². The second-order valence-electron chi connectivity index (χ2n) is 7.52. The molecular weight excluding hydrogens is 364 g/mol. The smallest absolute Gasteiger partial charge is 0.251 e. The number of nitrogens with two attached hydrogens (primary N) is 2. The van der Waals surface area contributed by atoms with E-state index >= 15 is 0 Å². The Bertz CT molecular complexity index is 892. The van der Waals surface area contributed by atoms with Crippen LogP contribution in [0.4, 0.5) is 5.69 Å². The van der Waals surface area contributed by atoms with Crippen LogP contribution in [-0.4, -0.2) is 5.91 Å². The highest BCUT2D eigenvalue weighted by molar-refractivity contribution is 5.95. The van der Waals surface area contributed by atoms with E-state index in [0.29, 0.717) is 23.8 Å². The number of nitrogens with one attached hydrogen (secondary N) is 2. The van der Waals surface area contributed by atoms with Crippen LogP contribution < -0.4 is 22.1 Å². The summed E-state index contributed by atoms with van der Waals surface area (Å²) in [5.41, 5.74) is 14.5. The van der Waals surface area contributed by atoms with E-state index in [9.17, 15) is 4.79 Å². The van der Waals surface area contributed by atoms with Gasteiger partial charge in [-0.15, -0.1) is 0 Å². The number of hydrogen-bond donors (Lipinski definition) is 4. The van der Waals surface area contributed by atoms with Crippen molar-refractivity contribution in [2.24, 2.45) is 17.4 Å². The number of rotatable bonds is 7. The highest BCUT2D eigenvalue weighted by Crippen LogP contribution is 2.27. The Hall–Kier alpha value is -3.15. The largest absolute Gasteiger partial charge is 0.465 e. The first kappa shape index (κ1) is 20.6. The molecule has 1 saturated carbocycles. The van der Waals surface area contributed by atoms with Crippen molar-refractivity contribution in [1.29, 1.82) is 0 Å². The average molecular weight is 395 g/mol. The Balaban J connectivity index is 1.57. The lowest BCUT2D eigenvalue weighted by Gasteiger charge is -2.21. The molecule has 29 heavy (non-hydrogen) atoms. The summed E-state index contributed by atoms with van der Waals surface area (Å²) in [6.07, 6.45) is 9.76. The number of benzene rings is 1. The van der Waals surface area contributed by atoms with Gasteiger partial charge in [-0.3, -0.25) is 4.79 Å². The van der Waals surface area contributed by atoms with E-state index in [2.05, 4.69) is 10.6 Å². The van der Waals surface area contributed by atoms with E-state index in [1.165, 1.54) is 19.3 Å². The van der Waals surface area contributed by atoms with Crippen molar-refractivity contribution in [2.45, 2.75) is 45.6 Å². The fourth-order valence-electron chi connectivity index (χ4n) is 3.55. The van der Waals surface area contributed by atoms with Crippen molar-refractivity contribution in [3.05, 3.63) is 77.2 Å². The molecule has 0 aliphatic heterocycles. The first-order chi connectivity index (χ1) is 14.0. The predicted octanol–water partition coefficient (Wildman–Crippen LogP) is 4.15. The molecule has 0 saturated heterocycles. The molecule has 3 rings (SSSR count). The van der Waals surface area contributed by atoms with Gasteiger partial charge in [-0.2, -0.15) is 0 Å². The zero-order chi connectivity index (χ0) is 20.6. The molecule has 6 N–H and O–H groups in total. The number of anilines is 1. The number of furan rings is 1. The van der Waals surface area contributed by atoms with Gasteiger partial charge in [-0.1, -0.05) is 25.3 Å². The van der Waals surface area contributed by atoms with Gasteiger partial charge in [0.15, 0.2) is 0 Å². The molecule has 0 bridgehead atoms. The fourth-order valence-corrected chi connectivity index (χ4v) is 3.55. The molecule has 1 aromatic heterocycles. The monoisotopic (exact) mass is 394 g/mol. The average Bonchev–Trinajstić information content (AvgIpc) is 3.16. The van der Waals surface area contributed by atoms with Crippen molar-refractivity contribution in [2.75, 3.05) is 5.32 Å². The second-order valence-corrected chi connectivity index (χ2v) is 7.52. The standard InChI is InChI=1S/C23H30N4O2/c1-16-10-11-20(29-16)15-26-23(28)18-8-5-9-19(14-18)27-22(25)13-12-21(24)17-6-3-2-4-7-17/h5,8-14,17,27H,2-4,6-7,15,24-25H2,1H3,(H,26,28)/b21-12-,22-13+. The summed E-state index contributed by atoms with van der Waals surface area (Å²) in [6, 6.07) is 10.9. The highest BCUT2D eigenvalue weighted by atomic mass is 16.3. The minimum absolute atomic E-state index is 0.174. The minimum Gasteiger partial charge on any atom is -0.465 e. The number of amides is 1. The molecule has 1 amide bonds. The Kier molecular flexibility index (Phi) is 7.00. The maximum absolute atomic E-state index is 12.4. The van der Waals surface area contributed by atoms with Gasteiger partial charge < -0.3 is 26.5 Å². The summed E-state index contributed by atoms with van der Waals surface area (Å²) in [4.78, 5) is 12.4. The molecular formula is C23H30N4O2. The summed E-state index contributed by atoms with van der Waals surface area (Å²) in [5.74, 6) is 2.30. The molecule has 6 heteroatoms. The van der Waals surface area contributed by atoms with Crippen LogP contribution in [0.5, 0.6) is 0 Å². The molecule has 6 nitrogen and oxygen atoms in total. The number of hydrogen-bond acceptors (Lipinski definition) is 5. The third kappa shape index (κ3) is 6.17. The molecule has 1 fully saturated rings. The molecule has 1 aromatic carbocycles. The maximum atomic E-state index is 12.4. The van der Waals surface area contributed by atoms with Crippen molar-refractivity contribution < 1.29 is 9.21 Å². The van der Waals surface area contributed by atoms with Gasteiger partial charge in [0, 0.05) is 16.9 Å². The lowest BCUT2D eigenvalue weighted by Crippen LogP contribution is -2.22. The van der Waals surface area contributed by atoms with E-state index in [0.717, 1.165) is 35.7 Å². The fraction of sp³-hybridized carbons (Fsp3) is 0.348. The second kappa shape index (κ2) is 9.87. The normalized spacial score (nSPS) is 15.9. The molecule has 2 aromatic rings. The number of allylic oxidation sites excluding steroid dienone is 3. The van der Waals surface area contributed by atoms with Gasteiger partial charge in [-0.05, 0) is 68.2 Å². The maximum Gasteiger partial charge on any atom is 0.251 e. The van der Waals surface area contributed by atoms with E-state index in [-0.39, 0.29) is 5.91 Å². The Morgan fingerprint density at radius 1 is 1.14 bits per heavy atom. The SMILES string of the molecule is Cc1ccc(CNC(=O)c2cccc(N/C(N)=C/C=C(\N)C3CCCCC3)c2)o1. The predicted molar refractivity (Wildman–Crippen MR) is 116 cm³/mol. The van der Waals surface area contributed by atoms with Crippen molar-refractivity contribution in [1.82, 2.24) is 5.32 Å². The Labute approximate surface area is 172 Å². The van der Waals surface area contributed by atoms with E-state index in [4.69, 9.17) is 15.9 Å². The van der Waals surface area contributed by atoms with Gasteiger partial charge in [0.25, 0.3) is 5.91 Å². The van der Waals surface area contributed by atoms with Crippen LogP contribution in [0.1, 0.15) is 54.0 Å². The number of aryl methyl sites for hydroxylation is 1. The lowest BCUT2D eigenvalue weighted by molar-refractivity contribution is 0.0948. The Morgan fingerprint density at radius 3 is 2.66 bits per heavy atom. The quantitative estimate of drug-likeness (QED) is 0.528. The molecule has 1 heterocycles. The van der Waals surface area contributed by atoms with Crippen LogP contribution in [0.15, 0.2) is 64.5 Å². The molecule has 1 aliphatic rings. The van der Waals surface area contributed by atoms with Crippen LogP contribution in [0.3, 0.4) is 0 Å².